The van der Waals surface area contributed by atoms with E-state index in [0.717, 1.165) is 22.2 Å². The number of aromatic nitrogens is 2. The van der Waals surface area contributed by atoms with E-state index in [1.807, 2.05) is 43.3 Å². The molecule has 0 saturated carbocycles. The van der Waals surface area contributed by atoms with Crippen LogP contribution in [0.15, 0.2) is 77.6 Å². The number of benzene rings is 3. The lowest BCUT2D eigenvalue weighted by Gasteiger charge is -2.26. The van der Waals surface area contributed by atoms with Gasteiger partial charge in [-0.15, -0.1) is 0 Å². The Hall–Kier alpha value is -3.10. The number of alkyl halides is 3. The lowest BCUT2D eigenvalue weighted by atomic mass is 10.1. The van der Waals surface area contributed by atoms with Crippen LogP contribution in [0.25, 0.3) is 22.1 Å². The molecule has 0 aliphatic rings. The summed E-state index contributed by atoms with van der Waals surface area (Å²) in [6, 6.07) is 21.4. The minimum Gasteiger partial charge on any atom is -0.466 e. The zero-order chi connectivity index (χ0) is 25.4. The van der Waals surface area contributed by atoms with E-state index in [0.29, 0.717) is 20.8 Å². The van der Waals surface area contributed by atoms with Gasteiger partial charge in [-0.2, -0.15) is 0 Å². The number of para-hydroxylation sites is 2. The molecule has 6 nitrogen and oxygen atoms in total. The quantitative estimate of drug-likeness (QED) is 0.236. The van der Waals surface area contributed by atoms with E-state index in [1.54, 1.807) is 46.9 Å². The first-order valence-corrected chi connectivity index (χ1v) is 12.8. The molecular formula is C26H18Cl3N3O3S. The molecule has 0 unspecified atom stereocenters. The van der Waals surface area contributed by atoms with Gasteiger partial charge >= 0.3 is 0 Å². The molecule has 0 spiro atoms. The molecule has 5 aromatic rings. The Morgan fingerprint density at radius 3 is 2.44 bits per heavy atom. The molecule has 2 heterocycles. The molecule has 0 bridgehead atoms. The molecule has 0 aliphatic heterocycles. The van der Waals surface area contributed by atoms with Gasteiger partial charge in [-0.25, -0.2) is 9.38 Å². The number of rotatable bonds is 5. The third-order valence-electron chi connectivity index (χ3n) is 5.45. The number of nitrogens with one attached hydrogen (secondary N) is 1. The molecule has 0 radical (unpaired) electrons. The minimum absolute atomic E-state index is 0.126. The SMILES string of the molecule is Cc1ccc(C(=O)N[C@H](Oc2ccc(/C=c3\sc4nc5ccccc5n4c3=O)cc2)C(Cl)(Cl)Cl)cc1. The summed E-state index contributed by atoms with van der Waals surface area (Å²) in [6.45, 7) is 1.92. The van der Waals surface area contributed by atoms with Crippen LogP contribution in [0.5, 0.6) is 5.75 Å². The van der Waals surface area contributed by atoms with Crippen molar-refractivity contribution in [2.24, 2.45) is 0 Å². The first-order chi connectivity index (χ1) is 17.2. The molecular weight excluding hydrogens is 541 g/mol. The Morgan fingerprint density at radius 2 is 1.75 bits per heavy atom. The van der Waals surface area contributed by atoms with Gasteiger partial charge in [0.25, 0.3) is 11.5 Å². The van der Waals surface area contributed by atoms with Crippen LogP contribution in [-0.4, -0.2) is 25.3 Å². The van der Waals surface area contributed by atoms with Crippen molar-refractivity contribution in [3.8, 4) is 5.75 Å². The number of carbonyl (C=O) groups is 1. The number of aryl methyl sites for hydroxylation is 1. The Morgan fingerprint density at radius 1 is 1.06 bits per heavy atom. The molecule has 5 rings (SSSR count). The van der Waals surface area contributed by atoms with Gasteiger partial charge in [0.05, 0.1) is 15.6 Å². The minimum atomic E-state index is -1.92. The second kappa shape index (κ2) is 9.75. The summed E-state index contributed by atoms with van der Waals surface area (Å²) >= 11 is 19.5. The zero-order valence-electron chi connectivity index (χ0n) is 18.7. The molecule has 3 aromatic carbocycles. The van der Waals surface area contributed by atoms with Crippen molar-refractivity contribution in [3.05, 3.63) is 104 Å². The third kappa shape index (κ3) is 5.06. The fraction of sp³-hybridized carbons (Fsp3) is 0.115. The van der Waals surface area contributed by atoms with Crippen LogP contribution in [0.2, 0.25) is 0 Å². The second-order valence-corrected chi connectivity index (χ2v) is 11.5. The summed E-state index contributed by atoms with van der Waals surface area (Å²) in [5.41, 5.74) is 3.65. The summed E-state index contributed by atoms with van der Waals surface area (Å²) in [5, 5.41) is 2.62. The van der Waals surface area contributed by atoms with Gasteiger partial charge in [0, 0.05) is 5.56 Å². The smallest absolute Gasteiger partial charge is 0.274 e. The fourth-order valence-corrected chi connectivity index (χ4v) is 4.91. The standard InChI is InChI=1S/C26H18Cl3N3O3S/c1-15-6-10-17(11-7-15)22(33)31-24(26(27,28)29)35-18-12-8-16(9-13-18)14-21-23(34)32-20-5-3-2-4-19(20)30-25(32)36-21/h2-14,24H,1H3,(H,31,33)/b21-14-/t24-/m1/s1. The maximum atomic E-state index is 13.0. The molecule has 0 fully saturated rings. The van der Waals surface area contributed by atoms with Crippen LogP contribution >= 0.6 is 46.1 Å². The Labute approximate surface area is 224 Å². The number of nitrogens with zero attached hydrogens (tertiary/aromatic N) is 2. The maximum absolute atomic E-state index is 13.0. The van der Waals surface area contributed by atoms with Gasteiger partial charge in [0.1, 0.15) is 5.75 Å². The summed E-state index contributed by atoms with van der Waals surface area (Å²) in [7, 11) is 0. The summed E-state index contributed by atoms with van der Waals surface area (Å²) in [6.07, 6.45) is 0.545. The lowest BCUT2D eigenvalue weighted by molar-refractivity contribution is 0.0833. The Kier molecular flexibility index (Phi) is 6.66. The van der Waals surface area contributed by atoms with Crippen LogP contribution in [-0.2, 0) is 0 Å². The maximum Gasteiger partial charge on any atom is 0.274 e. The average molecular weight is 559 g/mol. The molecule has 1 amide bonds. The number of hydrogen-bond acceptors (Lipinski definition) is 5. The number of halogens is 3. The van der Waals surface area contributed by atoms with Crippen molar-refractivity contribution < 1.29 is 9.53 Å². The summed E-state index contributed by atoms with van der Waals surface area (Å²) < 4.78 is 6.05. The molecule has 1 N–H and O–H groups in total. The Bertz CT molecular complexity index is 1670. The van der Waals surface area contributed by atoms with Crippen molar-refractivity contribution >= 4 is 74.1 Å². The number of amides is 1. The molecule has 36 heavy (non-hydrogen) atoms. The molecule has 0 aliphatic carbocycles. The van der Waals surface area contributed by atoms with Gasteiger partial charge < -0.3 is 10.1 Å². The summed E-state index contributed by atoms with van der Waals surface area (Å²) in [4.78, 5) is 30.7. The average Bonchev–Trinajstić information content (AvgIpc) is 3.35. The van der Waals surface area contributed by atoms with E-state index in [2.05, 4.69) is 10.3 Å². The predicted octanol–water partition coefficient (Wildman–Crippen LogP) is 5.27. The molecule has 0 saturated heterocycles. The highest BCUT2D eigenvalue weighted by molar-refractivity contribution is 7.15. The lowest BCUT2D eigenvalue weighted by Crippen LogP contribution is -2.47. The number of imidazole rings is 1. The van der Waals surface area contributed by atoms with E-state index in [9.17, 15) is 9.59 Å². The molecule has 2 aromatic heterocycles. The van der Waals surface area contributed by atoms with E-state index in [-0.39, 0.29) is 5.56 Å². The second-order valence-electron chi connectivity index (χ2n) is 8.08. The first-order valence-electron chi connectivity index (χ1n) is 10.8. The van der Waals surface area contributed by atoms with Crippen molar-refractivity contribution in [2.75, 3.05) is 0 Å². The van der Waals surface area contributed by atoms with Gasteiger partial charge in [-0.05, 0) is 55.0 Å². The van der Waals surface area contributed by atoms with Crippen molar-refractivity contribution in [2.45, 2.75) is 16.9 Å². The summed E-state index contributed by atoms with van der Waals surface area (Å²) in [5.74, 6) is -0.0588. The highest BCUT2D eigenvalue weighted by atomic mass is 35.6. The monoisotopic (exact) mass is 557 g/mol. The van der Waals surface area contributed by atoms with Gasteiger partial charge in [-0.3, -0.25) is 9.59 Å². The Balaban J connectivity index is 1.37. The highest BCUT2D eigenvalue weighted by Crippen LogP contribution is 2.32. The van der Waals surface area contributed by atoms with Crippen LogP contribution in [0.1, 0.15) is 21.5 Å². The fourth-order valence-electron chi connectivity index (χ4n) is 3.63. The van der Waals surface area contributed by atoms with E-state index in [4.69, 9.17) is 39.5 Å². The number of carbonyl (C=O) groups excluding carboxylic acids is 1. The van der Waals surface area contributed by atoms with E-state index in [1.165, 1.54) is 11.3 Å². The van der Waals surface area contributed by atoms with Crippen molar-refractivity contribution in [3.63, 3.8) is 0 Å². The highest BCUT2D eigenvalue weighted by Gasteiger charge is 2.36. The van der Waals surface area contributed by atoms with Crippen molar-refractivity contribution in [1.82, 2.24) is 14.7 Å². The molecule has 182 valence electrons. The largest absolute Gasteiger partial charge is 0.466 e. The van der Waals surface area contributed by atoms with Crippen molar-refractivity contribution in [1.29, 1.82) is 0 Å². The molecule has 1 atom stereocenters. The van der Waals surface area contributed by atoms with Gasteiger partial charge in [0.2, 0.25) is 10.0 Å². The van der Waals surface area contributed by atoms with Crippen LogP contribution < -0.4 is 20.1 Å². The van der Waals surface area contributed by atoms with Crippen LogP contribution in [0.3, 0.4) is 0 Å². The van der Waals surface area contributed by atoms with Gasteiger partial charge in [0.15, 0.2) is 4.96 Å². The van der Waals surface area contributed by atoms with E-state index < -0.39 is 15.9 Å². The molecule has 10 heteroatoms. The number of hydrogen-bond donors (Lipinski definition) is 1. The predicted molar refractivity (Wildman–Crippen MR) is 145 cm³/mol. The number of thiazole rings is 1. The third-order valence-corrected chi connectivity index (χ3v) is 7.01. The topological polar surface area (TPSA) is 72.7 Å². The first kappa shape index (κ1) is 24.6. The van der Waals surface area contributed by atoms with Crippen LogP contribution in [0.4, 0.5) is 0 Å². The van der Waals surface area contributed by atoms with E-state index >= 15 is 0 Å². The zero-order valence-corrected chi connectivity index (χ0v) is 21.8. The van der Waals surface area contributed by atoms with Crippen LogP contribution in [0, 0.1) is 6.92 Å². The number of fused-ring (bicyclic) bond motifs is 3. The number of ether oxygens (including phenoxy) is 1. The van der Waals surface area contributed by atoms with Gasteiger partial charge in [-0.1, -0.05) is 88.1 Å². The normalized spacial score (nSPS) is 13.3.